The second kappa shape index (κ2) is 10.1. The van der Waals surface area contributed by atoms with E-state index in [1.54, 1.807) is 11.3 Å². The monoisotopic (exact) mass is 391 g/mol. The summed E-state index contributed by atoms with van der Waals surface area (Å²) in [7, 11) is 0. The van der Waals surface area contributed by atoms with Gasteiger partial charge in [-0.25, -0.2) is 9.98 Å². The number of aryl methyl sites for hydroxylation is 1. The fourth-order valence-corrected chi connectivity index (χ4v) is 3.76. The Morgan fingerprint density at radius 3 is 2.65 bits per heavy atom. The van der Waals surface area contributed by atoms with Gasteiger partial charge in [0.05, 0.1) is 13.1 Å². The van der Waals surface area contributed by atoms with Crippen LogP contribution in [0.3, 0.4) is 0 Å². The summed E-state index contributed by atoms with van der Waals surface area (Å²) in [4.78, 5) is 11.5. The first kappa shape index (κ1) is 21.0. The van der Waals surface area contributed by atoms with Crippen molar-refractivity contribution in [3.63, 3.8) is 0 Å². The van der Waals surface area contributed by atoms with Gasteiger partial charge in [-0.2, -0.15) is 13.2 Å². The number of hydrogen-bond acceptors (Lipinski definition) is 4. The number of hydrogen-bond donors (Lipinski definition) is 2. The molecule has 26 heavy (non-hydrogen) atoms. The first-order valence-electron chi connectivity index (χ1n) is 9.08. The zero-order valence-corrected chi connectivity index (χ0v) is 16.2. The second-order valence-corrected chi connectivity index (χ2v) is 7.93. The minimum atomic E-state index is -4.10. The van der Waals surface area contributed by atoms with Crippen LogP contribution in [0.25, 0.3) is 0 Å². The number of nitrogens with zero attached hydrogens (tertiary/aromatic N) is 3. The molecule has 0 aromatic carbocycles. The number of guanidine groups is 1. The molecular formula is C17H28F3N5S. The Morgan fingerprint density at radius 2 is 2.08 bits per heavy atom. The van der Waals surface area contributed by atoms with Crippen LogP contribution in [-0.4, -0.2) is 54.7 Å². The number of nitrogens with one attached hydrogen (secondary N) is 2. The lowest BCUT2D eigenvalue weighted by Gasteiger charge is -2.32. The highest BCUT2D eigenvalue weighted by atomic mass is 32.1. The van der Waals surface area contributed by atoms with Gasteiger partial charge >= 0.3 is 6.18 Å². The summed E-state index contributed by atoms with van der Waals surface area (Å²) in [6, 6.07) is 0. The van der Waals surface area contributed by atoms with Crippen LogP contribution in [0.1, 0.15) is 36.1 Å². The highest BCUT2D eigenvalue weighted by molar-refractivity contribution is 7.11. The maximum absolute atomic E-state index is 12.4. The van der Waals surface area contributed by atoms with E-state index in [1.165, 1.54) is 9.78 Å². The third-order valence-corrected chi connectivity index (χ3v) is 5.24. The maximum atomic E-state index is 12.4. The molecule has 0 aliphatic carbocycles. The highest BCUT2D eigenvalue weighted by Crippen LogP contribution is 2.23. The predicted molar refractivity (Wildman–Crippen MR) is 99.5 cm³/mol. The van der Waals surface area contributed by atoms with E-state index in [1.807, 2.05) is 20.0 Å². The minimum absolute atomic E-state index is 0.469. The fraction of sp³-hybridized carbons (Fsp3) is 0.765. The number of thiazole rings is 1. The highest BCUT2D eigenvalue weighted by Gasteiger charge is 2.32. The summed E-state index contributed by atoms with van der Waals surface area (Å²) in [6.45, 7) is 6.40. The number of likely N-dealkylation sites (tertiary alicyclic amines) is 1. The maximum Gasteiger partial charge on any atom is 0.401 e. The molecule has 1 saturated heterocycles. The molecule has 9 heteroatoms. The van der Waals surface area contributed by atoms with Crippen molar-refractivity contribution in [2.45, 2.75) is 45.8 Å². The molecule has 5 nitrogen and oxygen atoms in total. The molecule has 0 saturated carbocycles. The number of alkyl halides is 3. The quantitative estimate of drug-likeness (QED) is 0.554. The zero-order chi connectivity index (χ0) is 19.0. The first-order chi connectivity index (χ1) is 12.4. The summed E-state index contributed by atoms with van der Waals surface area (Å²) < 4.78 is 37.3. The van der Waals surface area contributed by atoms with E-state index in [0.717, 1.165) is 43.3 Å². The largest absolute Gasteiger partial charge is 0.401 e. The number of piperidine rings is 1. The van der Waals surface area contributed by atoms with Crippen molar-refractivity contribution in [2.75, 3.05) is 32.7 Å². The lowest BCUT2D eigenvalue weighted by molar-refractivity contribution is -0.148. The Labute approximate surface area is 157 Å². The van der Waals surface area contributed by atoms with Gasteiger partial charge in [-0.05, 0) is 52.1 Å². The zero-order valence-electron chi connectivity index (χ0n) is 15.4. The smallest absolute Gasteiger partial charge is 0.357 e. The molecule has 148 valence electrons. The Hall–Kier alpha value is -1.35. The summed E-state index contributed by atoms with van der Waals surface area (Å²) in [6.07, 6.45) is 0.344. The van der Waals surface area contributed by atoms with Crippen molar-refractivity contribution in [1.82, 2.24) is 20.5 Å². The first-order valence-corrected chi connectivity index (χ1v) is 9.90. The van der Waals surface area contributed by atoms with Gasteiger partial charge in [0, 0.05) is 24.2 Å². The molecular weight excluding hydrogens is 363 g/mol. The standard InChI is InChI=1S/C17H28F3N5S/c1-3-21-16(24-11-15-23-10-13(2)26-15)22-7-4-14-5-8-25(9-6-14)12-17(18,19)20/h10,14H,3-9,11-12H2,1-2H3,(H2,21,22,24). The molecule has 0 unspecified atom stereocenters. The van der Waals surface area contributed by atoms with E-state index < -0.39 is 12.7 Å². The van der Waals surface area contributed by atoms with Crippen LogP contribution >= 0.6 is 11.3 Å². The Morgan fingerprint density at radius 1 is 1.35 bits per heavy atom. The molecule has 2 heterocycles. The lowest BCUT2D eigenvalue weighted by atomic mass is 9.93. The van der Waals surface area contributed by atoms with Crippen molar-refractivity contribution >= 4 is 17.3 Å². The molecule has 1 aliphatic rings. The molecule has 0 radical (unpaired) electrons. The summed E-state index contributed by atoms with van der Waals surface area (Å²) >= 11 is 1.64. The van der Waals surface area contributed by atoms with Gasteiger partial charge in [0.25, 0.3) is 0 Å². The summed E-state index contributed by atoms with van der Waals surface area (Å²) in [5.41, 5.74) is 0. The third-order valence-electron chi connectivity index (χ3n) is 4.34. The van der Waals surface area contributed by atoms with Crippen molar-refractivity contribution in [2.24, 2.45) is 10.9 Å². The molecule has 2 rings (SSSR count). The average molecular weight is 392 g/mol. The Kier molecular flexibility index (Phi) is 8.15. The number of aromatic nitrogens is 1. The van der Waals surface area contributed by atoms with Crippen LogP contribution in [0, 0.1) is 12.8 Å². The SMILES string of the molecule is CCNC(=NCc1ncc(C)s1)NCCC1CCN(CC(F)(F)F)CC1. The molecule has 0 spiro atoms. The summed E-state index contributed by atoms with van der Waals surface area (Å²) in [5, 5.41) is 7.51. The van der Waals surface area contributed by atoms with Gasteiger partial charge in [-0.1, -0.05) is 0 Å². The molecule has 1 fully saturated rings. The normalized spacial score (nSPS) is 17.5. The van der Waals surface area contributed by atoms with Gasteiger partial charge in [0.2, 0.25) is 0 Å². The number of aliphatic imine (C=N–C) groups is 1. The van der Waals surface area contributed by atoms with Crippen LogP contribution in [0.5, 0.6) is 0 Å². The van der Waals surface area contributed by atoms with Crippen molar-refractivity contribution in [1.29, 1.82) is 0 Å². The molecule has 0 amide bonds. The Bertz CT molecular complexity index is 565. The Balaban J connectivity index is 1.69. The van der Waals surface area contributed by atoms with Crippen molar-refractivity contribution in [3.8, 4) is 0 Å². The molecule has 1 aliphatic heterocycles. The second-order valence-electron chi connectivity index (χ2n) is 6.61. The van der Waals surface area contributed by atoms with Crippen LogP contribution in [-0.2, 0) is 6.54 Å². The van der Waals surface area contributed by atoms with E-state index in [9.17, 15) is 13.2 Å². The van der Waals surface area contributed by atoms with Crippen LogP contribution < -0.4 is 10.6 Å². The van der Waals surface area contributed by atoms with Crippen LogP contribution in [0.2, 0.25) is 0 Å². The van der Waals surface area contributed by atoms with E-state index in [-0.39, 0.29) is 0 Å². The predicted octanol–water partition coefficient (Wildman–Crippen LogP) is 3.17. The molecule has 0 bridgehead atoms. The fourth-order valence-electron chi connectivity index (χ4n) is 3.04. The summed E-state index contributed by atoms with van der Waals surface area (Å²) in [5.74, 6) is 1.23. The molecule has 1 aromatic rings. The van der Waals surface area contributed by atoms with E-state index in [0.29, 0.717) is 25.6 Å². The molecule has 0 atom stereocenters. The average Bonchev–Trinajstić information content (AvgIpc) is 2.98. The minimum Gasteiger partial charge on any atom is -0.357 e. The van der Waals surface area contributed by atoms with E-state index in [4.69, 9.17) is 0 Å². The lowest BCUT2D eigenvalue weighted by Crippen LogP contribution is -2.41. The van der Waals surface area contributed by atoms with Crippen LogP contribution in [0.4, 0.5) is 13.2 Å². The van der Waals surface area contributed by atoms with Crippen molar-refractivity contribution < 1.29 is 13.2 Å². The van der Waals surface area contributed by atoms with E-state index in [2.05, 4.69) is 20.6 Å². The molecule has 2 N–H and O–H groups in total. The third kappa shape index (κ3) is 7.90. The number of halogens is 3. The molecule has 1 aromatic heterocycles. The van der Waals surface area contributed by atoms with Gasteiger partial charge in [-0.15, -0.1) is 11.3 Å². The number of rotatable bonds is 7. The van der Waals surface area contributed by atoms with Gasteiger partial charge < -0.3 is 10.6 Å². The van der Waals surface area contributed by atoms with E-state index >= 15 is 0 Å². The van der Waals surface area contributed by atoms with Gasteiger partial charge in [0.1, 0.15) is 5.01 Å². The van der Waals surface area contributed by atoms with Crippen molar-refractivity contribution in [3.05, 3.63) is 16.1 Å². The van der Waals surface area contributed by atoms with Crippen LogP contribution in [0.15, 0.2) is 11.2 Å². The van der Waals surface area contributed by atoms with Gasteiger partial charge in [-0.3, -0.25) is 4.90 Å². The topological polar surface area (TPSA) is 52.6 Å². The van der Waals surface area contributed by atoms with Gasteiger partial charge in [0.15, 0.2) is 5.96 Å².